The van der Waals surface area contributed by atoms with E-state index in [0.717, 1.165) is 27.8 Å². The minimum Gasteiger partial charge on any atom is -0.264 e. The van der Waals surface area contributed by atoms with Gasteiger partial charge in [-0.15, -0.1) is 0 Å². The van der Waals surface area contributed by atoms with E-state index < -0.39 is 5.41 Å². The molecule has 4 heteroatoms. The first-order chi connectivity index (χ1) is 24.3. The van der Waals surface area contributed by atoms with E-state index in [4.69, 9.17) is 15.0 Å². The molecule has 0 saturated carbocycles. The fourth-order valence-corrected chi connectivity index (χ4v) is 7.91. The van der Waals surface area contributed by atoms with Crippen LogP contribution in [-0.2, 0) is 5.41 Å². The van der Waals surface area contributed by atoms with Crippen LogP contribution in [0, 0.1) is 0 Å². The smallest absolute Gasteiger partial charge is 0.164 e. The quantitative estimate of drug-likeness (QED) is 0.196. The molecule has 0 N–H and O–H groups in total. The zero-order valence-corrected chi connectivity index (χ0v) is 26.5. The van der Waals surface area contributed by atoms with E-state index in [1.165, 1.54) is 44.5 Å². The molecule has 1 spiro atoms. The van der Waals surface area contributed by atoms with Gasteiger partial charge in [0, 0.05) is 34.6 Å². The third kappa shape index (κ3) is 4.11. The van der Waals surface area contributed by atoms with E-state index in [0.29, 0.717) is 17.5 Å². The van der Waals surface area contributed by atoms with E-state index in [9.17, 15) is 0 Å². The molecule has 0 saturated heterocycles. The van der Waals surface area contributed by atoms with Crippen molar-refractivity contribution in [1.29, 1.82) is 0 Å². The Morgan fingerprint density at radius 2 is 0.776 bits per heavy atom. The standard InChI is InChI=1S/C45H28N4/c1-3-11-30(12-4-1)42-47-43(31-13-5-2-6-14-31)49-44(48-42)32-21-19-29(20-22-32)33-23-24-36-37-28-46-26-25-40(37)45(41(36)27-33)38-17-9-7-15-34(38)35-16-8-10-18-39(35)45/h1-28H. The van der Waals surface area contributed by atoms with Gasteiger partial charge in [0.2, 0.25) is 0 Å². The van der Waals surface area contributed by atoms with Gasteiger partial charge in [0.25, 0.3) is 0 Å². The average Bonchev–Trinajstić information content (AvgIpc) is 3.66. The Kier molecular flexibility index (Phi) is 6.06. The molecule has 10 rings (SSSR count). The number of benzene rings is 6. The Morgan fingerprint density at radius 1 is 0.327 bits per heavy atom. The van der Waals surface area contributed by atoms with Gasteiger partial charge in [-0.2, -0.15) is 0 Å². The molecule has 4 nitrogen and oxygen atoms in total. The van der Waals surface area contributed by atoms with Crippen molar-refractivity contribution in [2.45, 2.75) is 5.41 Å². The third-order valence-electron chi connectivity index (χ3n) is 10.1. The minimum atomic E-state index is -0.400. The largest absolute Gasteiger partial charge is 0.264 e. The van der Waals surface area contributed by atoms with Crippen LogP contribution in [0.1, 0.15) is 22.3 Å². The van der Waals surface area contributed by atoms with Gasteiger partial charge in [0.15, 0.2) is 17.5 Å². The molecule has 0 aliphatic heterocycles. The molecule has 2 aliphatic carbocycles. The van der Waals surface area contributed by atoms with Crippen LogP contribution in [0.5, 0.6) is 0 Å². The SMILES string of the molecule is c1ccc(-c2nc(-c3ccccc3)nc(-c3ccc(-c4ccc5c(c4)C4(c6ccccc6-c6ccccc64)c4ccncc4-5)cc3)n2)cc1. The molecular weight excluding hydrogens is 597 g/mol. The van der Waals surface area contributed by atoms with Crippen LogP contribution in [0.25, 0.3) is 67.5 Å². The summed E-state index contributed by atoms with van der Waals surface area (Å²) in [6.45, 7) is 0. The van der Waals surface area contributed by atoms with Gasteiger partial charge < -0.3 is 0 Å². The highest BCUT2D eigenvalue weighted by atomic mass is 15.0. The summed E-state index contributed by atoms with van der Waals surface area (Å²) in [5.41, 5.74) is 15.0. The first kappa shape index (κ1) is 27.6. The number of rotatable bonds is 4. The summed E-state index contributed by atoms with van der Waals surface area (Å²) in [5, 5.41) is 0. The van der Waals surface area contributed by atoms with Crippen molar-refractivity contribution in [3.63, 3.8) is 0 Å². The first-order valence-electron chi connectivity index (χ1n) is 16.6. The normalized spacial score (nSPS) is 13.1. The summed E-state index contributed by atoms with van der Waals surface area (Å²) < 4.78 is 0. The lowest BCUT2D eigenvalue weighted by Gasteiger charge is -2.30. The lowest BCUT2D eigenvalue weighted by Crippen LogP contribution is -2.25. The average molecular weight is 625 g/mol. The Morgan fingerprint density at radius 3 is 1.37 bits per heavy atom. The van der Waals surface area contributed by atoms with Crippen LogP contribution in [0.15, 0.2) is 170 Å². The number of nitrogens with zero attached hydrogens (tertiary/aromatic N) is 4. The number of hydrogen-bond donors (Lipinski definition) is 0. The van der Waals surface area contributed by atoms with Crippen molar-refractivity contribution < 1.29 is 0 Å². The number of hydrogen-bond acceptors (Lipinski definition) is 4. The van der Waals surface area contributed by atoms with Crippen molar-refractivity contribution >= 4 is 0 Å². The molecule has 228 valence electrons. The van der Waals surface area contributed by atoms with Crippen molar-refractivity contribution in [3.05, 3.63) is 192 Å². The molecule has 49 heavy (non-hydrogen) atoms. The molecule has 0 unspecified atom stereocenters. The Labute approximate surface area is 284 Å². The fourth-order valence-electron chi connectivity index (χ4n) is 7.91. The summed E-state index contributed by atoms with van der Waals surface area (Å²) in [7, 11) is 0. The zero-order chi connectivity index (χ0) is 32.4. The molecule has 0 radical (unpaired) electrons. The summed E-state index contributed by atoms with van der Waals surface area (Å²) in [4.78, 5) is 19.3. The summed E-state index contributed by atoms with van der Waals surface area (Å²) in [5.74, 6) is 1.96. The van der Waals surface area contributed by atoms with E-state index in [2.05, 4.69) is 102 Å². The molecule has 6 aromatic carbocycles. The highest BCUT2D eigenvalue weighted by Crippen LogP contribution is 2.62. The molecule has 8 aromatic rings. The monoisotopic (exact) mass is 624 g/mol. The van der Waals surface area contributed by atoms with Gasteiger partial charge in [0.1, 0.15) is 0 Å². The molecule has 0 bridgehead atoms. The molecule has 2 aliphatic rings. The van der Waals surface area contributed by atoms with Gasteiger partial charge >= 0.3 is 0 Å². The predicted octanol–water partition coefficient (Wildman–Crippen LogP) is 10.3. The second-order valence-corrected chi connectivity index (χ2v) is 12.6. The summed E-state index contributed by atoms with van der Waals surface area (Å²) >= 11 is 0. The predicted molar refractivity (Wildman–Crippen MR) is 196 cm³/mol. The highest BCUT2D eigenvalue weighted by Gasteiger charge is 2.51. The Hall–Kier alpha value is -6.52. The lowest BCUT2D eigenvalue weighted by molar-refractivity contribution is 0.792. The fraction of sp³-hybridized carbons (Fsp3) is 0.0222. The van der Waals surface area contributed by atoms with Crippen LogP contribution in [0.2, 0.25) is 0 Å². The van der Waals surface area contributed by atoms with E-state index in [-0.39, 0.29) is 0 Å². The van der Waals surface area contributed by atoms with Gasteiger partial charge in [-0.1, -0.05) is 146 Å². The van der Waals surface area contributed by atoms with Crippen molar-refractivity contribution in [2.24, 2.45) is 0 Å². The van der Waals surface area contributed by atoms with Crippen LogP contribution in [0.4, 0.5) is 0 Å². The number of pyridine rings is 1. The minimum absolute atomic E-state index is 0.400. The van der Waals surface area contributed by atoms with Crippen molar-refractivity contribution in [3.8, 4) is 67.5 Å². The van der Waals surface area contributed by atoms with Gasteiger partial charge in [-0.25, -0.2) is 15.0 Å². The maximum Gasteiger partial charge on any atom is 0.164 e. The second-order valence-electron chi connectivity index (χ2n) is 12.6. The van der Waals surface area contributed by atoms with E-state index >= 15 is 0 Å². The highest BCUT2D eigenvalue weighted by molar-refractivity contribution is 5.95. The summed E-state index contributed by atoms with van der Waals surface area (Å²) in [6, 6.07) is 55.7. The van der Waals surface area contributed by atoms with E-state index in [1.54, 1.807) is 0 Å². The number of aromatic nitrogens is 4. The maximum absolute atomic E-state index is 4.93. The van der Waals surface area contributed by atoms with Crippen LogP contribution in [-0.4, -0.2) is 19.9 Å². The topological polar surface area (TPSA) is 51.6 Å². The van der Waals surface area contributed by atoms with Crippen molar-refractivity contribution in [2.75, 3.05) is 0 Å². The van der Waals surface area contributed by atoms with E-state index in [1.807, 2.05) is 73.1 Å². The second kappa shape index (κ2) is 10.8. The van der Waals surface area contributed by atoms with Gasteiger partial charge in [0.05, 0.1) is 5.41 Å². The maximum atomic E-state index is 4.93. The summed E-state index contributed by atoms with van der Waals surface area (Å²) in [6.07, 6.45) is 3.96. The lowest BCUT2D eigenvalue weighted by atomic mass is 9.70. The van der Waals surface area contributed by atoms with Crippen molar-refractivity contribution in [1.82, 2.24) is 19.9 Å². The number of fused-ring (bicyclic) bond motifs is 10. The van der Waals surface area contributed by atoms with Gasteiger partial charge in [-0.3, -0.25) is 4.98 Å². The Balaban J connectivity index is 1.10. The van der Waals surface area contributed by atoms with Crippen LogP contribution in [0.3, 0.4) is 0 Å². The molecule has 2 heterocycles. The van der Waals surface area contributed by atoms with Gasteiger partial charge in [-0.05, 0) is 62.2 Å². The first-order valence-corrected chi connectivity index (χ1v) is 16.6. The molecule has 0 fully saturated rings. The zero-order valence-electron chi connectivity index (χ0n) is 26.5. The van der Waals surface area contributed by atoms with Crippen LogP contribution < -0.4 is 0 Å². The third-order valence-corrected chi connectivity index (χ3v) is 10.1. The molecule has 2 aromatic heterocycles. The Bertz CT molecular complexity index is 2420. The molecular formula is C45H28N4. The molecule has 0 atom stereocenters. The molecule has 0 amide bonds. The van der Waals surface area contributed by atoms with Crippen LogP contribution >= 0.6 is 0 Å².